The first-order valence-corrected chi connectivity index (χ1v) is 4.97. The highest BCUT2D eigenvalue weighted by atomic mass is 19.1. The van der Waals surface area contributed by atoms with Crippen LogP contribution in [0.3, 0.4) is 0 Å². The SMILES string of the molecule is CC(NCC(O)C(N)=O)c1ccccc1F. The van der Waals surface area contributed by atoms with Gasteiger partial charge in [-0.05, 0) is 13.0 Å². The normalized spacial score (nSPS) is 14.4. The van der Waals surface area contributed by atoms with Gasteiger partial charge in [-0.25, -0.2) is 4.39 Å². The molecule has 5 heteroatoms. The molecule has 1 rings (SSSR count). The van der Waals surface area contributed by atoms with Gasteiger partial charge in [0.25, 0.3) is 0 Å². The molecular formula is C11H15FN2O2. The third-order valence-electron chi connectivity index (χ3n) is 2.32. The van der Waals surface area contributed by atoms with Gasteiger partial charge in [0.15, 0.2) is 0 Å². The molecule has 0 aromatic heterocycles. The van der Waals surface area contributed by atoms with Crippen LogP contribution in [0.15, 0.2) is 24.3 Å². The maximum Gasteiger partial charge on any atom is 0.247 e. The van der Waals surface area contributed by atoms with Crippen LogP contribution in [-0.2, 0) is 4.79 Å². The Bertz CT molecular complexity index is 371. The first kappa shape index (κ1) is 12.6. The van der Waals surface area contributed by atoms with Gasteiger partial charge in [-0.15, -0.1) is 0 Å². The summed E-state index contributed by atoms with van der Waals surface area (Å²) in [7, 11) is 0. The third-order valence-corrected chi connectivity index (χ3v) is 2.32. The van der Waals surface area contributed by atoms with E-state index in [2.05, 4.69) is 5.32 Å². The summed E-state index contributed by atoms with van der Waals surface area (Å²) in [6.07, 6.45) is -1.26. The predicted octanol–water partition coefficient (Wildman–Crippen LogP) is 0.323. The third kappa shape index (κ3) is 3.29. The number of halogens is 1. The molecule has 4 nitrogen and oxygen atoms in total. The summed E-state index contributed by atoms with van der Waals surface area (Å²) in [5.74, 6) is -1.12. The van der Waals surface area contributed by atoms with E-state index in [1.807, 2.05) is 0 Å². The Morgan fingerprint density at radius 3 is 2.75 bits per heavy atom. The van der Waals surface area contributed by atoms with Gasteiger partial charge >= 0.3 is 0 Å². The van der Waals surface area contributed by atoms with Gasteiger partial charge in [-0.3, -0.25) is 4.79 Å². The molecule has 4 N–H and O–H groups in total. The molecule has 2 unspecified atom stereocenters. The Hall–Kier alpha value is -1.46. The van der Waals surface area contributed by atoms with Crippen LogP contribution in [0, 0.1) is 5.82 Å². The van der Waals surface area contributed by atoms with E-state index < -0.39 is 12.0 Å². The standard InChI is InChI=1S/C11H15FN2O2/c1-7(14-6-10(15)11(13)16)8-4-2-3-5-9(8)12/h2-5,7,10,14-15H,6H2,1H3,(H2,13,16). The fraction of sp³-hybridized carbons (Fsp3) is 0.364. The Morgan fingerprint density at radius 1 is 1.56 bits per heavy atom. The van der Waals surface area contributed by atoms with Crippen LogP contribution < -0.4 is 11.1 Å². The van der Waals surface area contributed by atoms with Crippen molar-refractivity contribution in [3.63, 3.8) is 0 Å². The van der Waals surface area contributed by atoms with Crippen LogP contribution in [0.2, 0.25) is 0 Å². The molecule has 0 aliphatic heterocycles. The molecular weight excluding hydrogens is 211 g/mol. The van der Waals surface area contributed by atoms with Crippen LogP contribution in [0.25, 0.3) is 0 Å². The molecule has 2 atom stereocenters. The average Bonchev–Trinajstić information content (AvgIpc) is 2.25. The smallest absolute Gasteiger partial charge is 0.247 e. The van der Waals surface area contributed by atoms with E-state index in [-0.39, 0.29) is 18.4 Å². The van der Waals surface area contributed by atoms with E-state index in [9.17, 15) is 9.18 Å². The zero-order valence-corrected chi connectivity index (χ0v) is 8.98. The minimum Gasteiger partial charge on any atom is -0.382 e. The monoisotopic (exact) mass is 226 g/mol. The van der Waals surface area contributed by atoms with Crippen molar-refractivity contribution >= 4 is 5.91 Å². The second kappa shape index (κ2) is 5.58. The zero-order valence-electron chi connectivity index (χ0n) is 8.98. The zero-order chi connectivity index (χ0) is 12.1. The molecule has 0 saturated heterocycles. The maximum absolute atomic E-state index is 13.3. The lowest BCUT2D eigenvalue weighted by Gasteiger charge is -2.16. The summed E-state index contributed by atoms with van der Waals surface area (Å²) in [5, 5.41) is 12.0. The van der Waals surface area contributed by atoms with Gasteiger partial charge < -0.3 is 16.2 Å². The number of aliphatic hydroxyl groups excluding tert-OH is 1. The van der Waals surface area contributed by atoms with E-state index in [0.717, 1.165) is 0 Å². The molecule has 0 bridgehead atoms. The molecule has 1 aromatic rings. The van der Waals surface area contributed by atoms with E-state index in [1.165, 1.54) is 6.07 Å². The number of nitrogens with one attached hydrogen (secondary N) is 1. The number of nitrogens with two attached hydrogens (primary N) is 1. The van der Waals surface area contributed by atoms with Crippen molar-refractivity contribution in [2.45, 2.75) is 19.1 Å². The van der Waals surface area contributed by atoms with Gasteiger partial charge in [0.1, 0.15) is 11.9 Å². The van der Waals surface area contributed by atoms with Gasteiger partial charge in [-0.2, -0.15) is 0 Å². The number of carbonyl (C=O) groups excluding carboxylic acids is 1. The van der Waals surface area contributed by atoms with E-state index in [0.29, 0.717) is 5.56 Å². The van der Waals surface area contributed by atoms with Crippen molar-refractivity contribution in [1.29, 1.82) is 0 Å². The Balaban J connectivity index is 2.56. The number of amides is 1. The molecule has 1 aromatic carbocycles. The highest BCUT2D eigenvalue weighted by Crippen LogP contribution is 2.15. The molecule has 0 fully saturated rings. The Labute approximate surface area is 93.3 Å². The van der Waals surface area contributed by atoms with Crippen molar-refractivity contribution in [2.24, 2.45) is 5.73 Å². The van der Waals surface area contributed by atoms with Gasteiger partial charge in [-0.1, -0.05) is 18.2 Å². The van der Waals surface area contributed by atoms with E-state index in [4.69, 9.17) is 10.8 Å². The average molecular weight is 226 g/mol. The van der Waals surface area contributed by atoms with Gasteiger partial charge in [0, 0.05) is 18.2 Å². The highest BCUT2D eigenvalue weighted by molar-refractivity contribution is 5.78. The minimum absolute atomic E-state index is 0.00480. The molecule has 0 saturated carbocycles. The molecule has 0 heterocycles. The lowest BCUT2D eigenvalue weighted by molar-refractivity contribution is -0.125. The second-order valence-corrected chi connectivity index (χ2v) is 3.57. The summed E-state index contributed by atoms with van der Waals surface area (Å²) in [4.78, 5) is 10.6. The minimum atomic E-state index is -1.26. The van der Waals surface area contributed by atoms with Crippen LogP contribution in [0.4, 0.5) is 4.39 Å². The van der Waals surface area contributed by atoms with Crippen molar-refractivity contribution < 1.29 is 14.3 Å². The summed E-state index contributed by atoms with van der Waals surface area (Å²) < 4.78 is 13.3. The summed E-state index contributed by atoms with van der Waals surface area (Å²) in [6.45, 7) is 1.75. The number of aliphatic hydroxyl groups is 1. The summed E-state index contributed by atoms with van der Waals surface area (Å²) in [6, 6.07) is 6.03. The number of rotatable bonds is 5. The molecule has 16 heavy (non-hydrogen) atoms. The molecule has 0 spiro atoms. The Morgan fingerprint density at radius 2 is 2.19 bits per heavy atom. The molecule has 0 aliphatic rings. The highest BCUT2D eigenvalue weighted by Gasteiger charge is 2.14. The van der Waals surface area contributed by atoms with Crippen molar-refractivity contribution in [1.82, 2.24) is 5.32 Å². The topological polar surface area (TPSA) is 75.3 Å². The fourth-order valence-corrected chi connectivity index (χ4v) is 1.33. The van der Waals surface area contributed by atoms with Gasteiger partial charge in [0.05, 0.1) is 0 Å². The quantitative estimate of drug-likeness (QED) is 0.677. The number of carbonyl (C=O) groups is 1. The second-order valence-electron chi connectivity index (χ2n) is 3.57. The number of hydrogen-bond acceptors (Lipinski definition) is 3. The largest absolute Gasteiger partial charge is 0.382 e. The lowest BCUT2D eigenvalue weighted by atomic mass is 10.1. The van der Waals surface area contributed by atoms with Crippen LogP contribution in [0.5, 0.6) is 0 Å². The number of primary amides is 1. The number of benzene rings is 1. The summed E-state index contributed by atoms with van der Waals surface area (Å²) in [5.41, 5.74) is 5.37. The Kier molecular flexibility index (Phi) is 4.39. The molecule has 0 radical (unpaired) electrons. The van der Waals surface area contributed by atoms with Crippen molar-refractivity contribution in [3.8, 4) is 0 Å². The molecule has 88 valence electrons. The van der Waals surface area contributed by atoms with Crippen molar-refractivity contribution in [2.75, 3.05) is 6.54 Å². The maximum atomic E-state index is 13.3. The van der Waals surface area contributed by atoms with Crippen LogP contribution in [-0.4, -0.2) is 23.7 Å². The predicted molar refractivity (Wildman–Crippen MR) is 58.0 cm³/mol. The first-order valence-electron chi connectivity index (χ1n) is 4.97. The number of hydrogen-bond donors (Lipinski definition) is 3. The molecule has 0 aliphatic carbocycles. The van der Waals surface area contributed by atoms with E-state index >= 15 is 0 Å². The molecule has 1 amide bonds. The van der Waals surface area contributed by atoms with E-state index in [1.54, 1.807) is 25.1 Å². The van der Waals surface area contributed by atoms with Crippen molar-refractivity contribution in [3.05, 3.63) is 35.6 Å². The van der Waals surface area contributed by atoms with Gasteiger partial charge in [0.2, 0.25) is 5.91 Å². The first-order chi connectivity index (χ1) is 7.52. The van der Waals surface area contributed by atoms with Crippen LogP contribution >= 0.6 is 0 Å². The summed E-state index contributed by atoms with van der Waals surface area (Å²) >= 11 is 0. The fourth-order valence-electron chi connectivity index (χ4n) is 1.33. The lowest BCUT2D eigenvalue weighted by Crippen LogP contribution is -2.38. The van der Waals surface area contributed by atoms with Crippen LogP contribution in [0.1, 0.15) is 18.5 Å².